The lowest BCUT2D eigenvalue weighted by Crippen LogP contribution is -2.38. The third kappa shape index (κ3) is 2.20. The van der Waals surface area contributed by atoms with Crippen molar-refractivity contribution in [1.82, 2.24) is 0 Å². The van der Waals surface area contributed by atoms with Crippen molar-refractivity contribution in [3.8, 4) is 0 Å². The minimum atomic E-state index is -2.53. The fourth-order valence-corrected chi connectivity index (χ4v) is 1.87. The number of hydrogen-bond acceptors (Lipinski definition) is 3. The fourth-order valence-electron chi connectivity index (χ4n) is 1.87. The maximum absolute atomic E-state index is 13.8. The Morgan fingerprint density at radius 3 is 2.21 bits per heavy atom. The van der Waals surface area contributed by atoms with Crippen LogP contribution in [0.15, 0.2) is 54.6 Å². The predicted molar refractivity (Wildman–Crippen MR) is 63.0 cm³/mol. The molecule has 2 rings (SSSR count). The van der Waals surface area contributed by atoms with E-state index < -0.39 is 17.4 Å². The highest BCUT2D eigenvalue weighted by molar-refractivity contribution is 5.85. The van der Waals surface area contributed by atoms with Gasteiger partial charge in [-0.25, -0.2) is 9.18 Å². The average Bonchev–Trinajstić information content (AvgIpc) is 2.47. The van der Waals surface area contributed by atoms with Crippen LogP contribution in [0, 0.1) is 5.82 Å². The maximum Gasteiger partial charge on any atom is 0.389 e. The summed E-state index contributed by atoms with van der Waals surface area (Å²) in [5, 5.41) is 10.4. The number of carbonyl (C=O) groups excluding carboxylic acids is 1. The summed E-state index contributed by atoms with van der Waals surface area (Å²) in [6.45, 7) is 0. The van der Waals surface area contributed by atoms with Gasteiger partial charge in [0.15, 0.2) is 0 Å². The molecular weight excluding hydrogens is 254 g/mol. The van der Waals surface area contributed by atoms with Gasteiger partial charge in [0.25, 0.3) is 0 Å². The van der Waals surface area contributed by atoms with Gasteiger partial charge < -0.3 is 5.11 Å². The van der Waals surface area contributed by atoms with Crippen molar-refractivity contribution >= 4 is 5.97 Å². The molecular formula is C14H10F2O3. The molecule has 1 atom stereocenters. The lowest BCUT2D eigenvalue weighted by Gasteiger charge is -2.24. The molecule has 0 radical (unpaired) electrons. The zero-order valence-electron chi connectivity index (χ0n) is 9.72. The molecule has 1 N–H and O–H groups in total. The Hall–Kier alpha value is -2.27. The van der Waals surface area contributed by atoms with E-state index in [1.807, 2.05) is 0 Å². The van der Waals surface area contributed by atoms with Crippen LogP contribution in [0.1, 0.15) is 11.1 Å². The van der Waals surface area contributed by atoms with E-state index in [1.165, 1.54) is 42.5 Å². The van der Waals surface area contributed by atoms with Gasteiger partial charge in [0.05, 0.1) is 0 Å². The van der Waals surface area contributed by atoms with Crippen molar-refractivity contribution in [2.45, 2.75) is 5.60 Å². The zero-order chi connectivity index (χ0) is 13.9. The Bertz CT molecular complexity index is 586. The van der Waals surface area contributed by atoms with Gasteiger partial charge >= 0.3 is 5.97 Å². The van der Waals surface area contributed by atoms with Crippen molar-refractivity contribution in [3.05, 3.63) is 71.5 Å². The summed E-state index contributed by atoms with van der Waals surface area (Å²) >= 11 is 0. The van der Waals surface area contributed by atoms with Gasteiger partial charge in [0, 0.05) is 10.1 Å². The van der Waals surface area contributed by atoms with Gasteiger partial charge in [-0.2, -0.15) is 0 Å². The summed E-state index contributed by atoms with van der Waals surface area (Å²) in [4.78, 5) is 14.7. The highest BCUT2D eigenvalue weighted by Gasteiger charge is 2.44. The van der Waals surface area contributed by atoms with Crippen molar-refractivity contribution in [2.75, 3.05) is 0 Å². The number of aliphatic hydroxyl groups is 1. The highest BCUT2D eigenvalue weighted by atomic mass is 19.3. The first-order chi connectivity index (χ1) is 9.10. The SMILES string of the molecule is O=C(OF)C(O)(c1ccccc1)c1ccccc1F. The monoisotopic (exact) mass is 264 g/mol. The van der Waals surface area contributed by atoms with Crippen LogP contribution in [0.2, 0.25) is 0 Å². The topological polar surface area (TPSA) is 46.5 Å². The van der Waals surface area contributed by atoms with Crippen molar-refractivity contribution in [1.29, 1.82) is 0 Å². The molecule has 0 saturated heterocycles. The van der Waals surface area contributed by atoms with Gasteiger partial charge in [-0.05, 0) is 11.6 Å². The Labute approximate surface area is 108 Å². The second-order valence-corrected chi connectivity index (χ2v) is 3.92. The number of carbonyl (C=O) groups is 1. The number of rotatable bonds is 3. The van der Waals surface area contributed by atoms with Gasteiger partial charge in [0.2, 0.25) is 5.60 Å². The van der Waals surface area contributed by atoms with Crippen LogP contribution in [-0.4, -0.2) is 11.1 Å². The molecule has 0 aliphatic carbocycles. The molecule has 5 heteroatoms. The molecule has 1 unspecified atom stereocenters. The third-order valence-corrected chi connectivity index (χ3v) is 2.82. The molecule has 0 aromatic heterocycles. The maximum atomic E-state index is 13.8. The molecule has 0 heterocycles. The van der Waals surface area contributed by atoms with E-state index >= 15 is 0 Å². The molecule has 98 valence electrons. The molecule has 2 aromatic rings. The number of halogens is 2. The molecule has 0 aliphatic heterocycles. The Balaban J connectivity index is 2.66. The van der Waals surface area contributed by atoms with Crippen LogP contribution in [0.25, 0.3) is 0 Å². The zero-order valence-corrected chi connectivity index (χ0v) is 9.72. The van der Waals surface area contributed by atoms with E-state index in [1.54, 1.807) is 6.07 Å². The standard InChI is InChI=1S/C14H10F2O3/c15-12-9-5-4-8-11(12)14(18,13(17)19-16)10-6-2-1-3-7-10/h1-9,18H. The average molecular weight is 264 g/mol. The van der Waals surface area contributed by atoms with Gasteiger partial charge in [-0.3, -0.25) is 4.94 Å². The van der Waals surface area contributed by atoms with E-state index in [4.69, 9.17) is 0 Å². The first-order valence-corrected chi connectivity index (χ1v) is 5.46. The fraction of sp³-hybridized carbons (Fsp3) is 0.0714. The minimum Gasteiger partial charge on any atom is -0.370 e. The smallest absolute Gasteiger partial charge is 0.370 e. The third-order valence-electron chi connectivity index (χ3n) is 2.82. The largest absolute Gasteiger partial charge is 0.389 e. The Morgan fingerprint density at radius 2 is 1.63 bits per heavy atom. The molecule has 0 fully saturated rings. The van der Waals surface area contributed by atoms with E-state index in [0.717, 1.165) is 6.07 Å². The summed E-state index contributed by atoms with van der Waals surface area (Å²) < 4.78 is 26.0. The summed E-state index contributed by atoms with van der Waals surface area (Å²) in [6.07, 6.45) is 0. The second-order valence-electron chi connectivity index (χ2n) is 3.92. The summed E-state index contributed by atoms with van der Waals surface area (Å²) in [5.74, 6) is -2.43. The van der Waals surface area contributed by atoms with E-state index in [2.05, 4.69) is 4.94 Å². The van der Waals surface area contributed by atoms with Gasteiger partial charge in [-0.15, -0.1) is 0 Å². The van der Waals surface area contributed by atoms with Crippen LogP contribution in [-0.2, 0) is 15.3 Å². The number of hydrogen-bond donors (Lipinski definition) is 1. The lowest BCUT2D eigenvalue weighted by atomic mass is 9.86. The molecule has 0 bridgehead atoms. The quantitative estimate of drug-likeness (QED) is 0.926. The van der Waals surface area contributed by atoms with E-state index in [-0.39, 0.29) is 11.1 Å². The first-order valence-electron chi connectivity index (χ1n) is 5.46. The van der Waals surface area contributed by atoms with Crippen molar-refractivity contribution in [2.24, 2.45) is 0 Å². The molecule has 0 saturated carbocycles. The Kier molecular flexibility index (Phi) is 3.57. The number of benzene rings is 2. The Morgan fingerprint density at radius 1 is 1.05 bits per heavy atom. The van der Waals surface area contributed by atoms with Gasteiger partial charge in [-0.1, -0.05) is 48.5 Å². The van der Waals surface area contributed by atoms with E-state index in [9.17, 15) is 18.8 Å². The second kappa shape index (κ2) is 5.16. The first kappa shape index (κ1) is 13.2. The highest BCUT2D eigenvalue weighted by Crippen LogP contribution is 2.32. The molecule has 2 aromatic carbocycles. The van der Waals surface area contributed by atoms with Crippen LogP contribution in [0.5, 0.6) is 0 Å². The molecule has 0 spiro atoms. The lowest BCUT2D eigenvalue weighted by molar-refractivity contribution is -0.202. The van der Waals surface area contributed by atoms with Crippen LogP contribution in [0.3, 0.4) is 0 Å². The normalized spacial score (nSPS) is 13.6. The molecule has 0 amide bonds. The van der Waals surface area contributed by atoms with Crippen LogP contribution < -0.4 is 0 Å². The van der Waals surface area contributed by atoms with Crippen LogP contribution in [0.4, 0.5) is 8.92 Å². The predicted octanol–water partition coefficient (Wildman–Crippen LogP) is 2.49. The van der Waals surface area contributed by atoms with Crippen LogP contribution >= 0.6 is 0 Å². The van der Waals surface area contributed by atoms with Crippen molar-refractivity contribution < 1.29 is 23.8 Å². The van der Waals surface area contributed by atoms with E-state index in [0.29, 0.717) is 0 Å². The molecule has 19 heavy (non-hydrogen) atoms. The molecule has 0 aliphatic rings. The van der Waals surface area contributed by atoms with Gasteiger partial charge in [0.1, 0.15) is 5.82 Å². The summed E-state index contributed by atoms with van der Waals surface area (Å²) in [5.41, 5.74) is -2.88. The molecule has 3 nitrogen and oxygen atoms in total. The van der Waals surface area contributed by atoms with Crippen molar-refractivity contribution in [3.63, 3.8) is 0 Å². The summed E-state index contributed by atoms with van der Waals surface area (Å²) in [6, 6.07) is 12.6. The minimum absolute atomic E-state index is 0.0164. The summed E-state index contributed by atoms with van der Waals surface area (Å²) in [7, 11) is 0.